The van der Waals surface area contributed by atoms with Gasteiger partial charge in [-0.25, -0.2) is 13.2 Å². The SMILES string of the molecule is COC(=O)c1c(S(=O)(=O)Nc2ccc(C)cc2)sc2c1CCN(C(=O)[C@@H]1CC=CCC1)C2. The second kappa shape index (κ2) is 9.07. The molecular weight excluding hydrogens is 448 g/mol. The molecular formula is C23H26N2O5S2. The highest BCUT2D eigenvalue weighted by Crippen LogP contribution is 2.38. The number of hydrogen-bond donors (Lipinski definition) is 1. The molecule has 1 aliphatic carbocycles. The van der Waals surface area contributed by atoms with E-state index in [-0.39, 0.29) is 21.6 Å². The first-order valence-corrected chi connectivity index (χ1v) is 12.9. The summed E-state index contributed by atoms with van der Waals surface area (Å²) in [7, 11) is -2.77. The number of fused-ring (bicyclic) bond motifs is 1. The first-order valence-electron chi connectivity index (χ1n) is 10.6. The maximum atomic E-state index is 13.2. The summed E-state index contributed by atoms with van der Waals surface area (Å²) in [5.74, 6) is -0.618. The van der Waals surface area contributed by atoms with Crippen molar-refractivity contribution < 1.29 is 22.7 Å². The normalized spacial score (nSPS) is 18.2. The number of methoxy groups -OCH3 is 1. The Morgan fingerprint density at radius 3 is 2.59 bits per heavy atom. The highest BCUT2D eigenvalue weighted by atomic mass is 32.2. The summed E-state index contributed by atoms with van der Waals surface area (Å²) in [6.45, 7) is 2.68. The van der Waals surface area contributed by atoms with Crippen molar-refractivity contribution >= 4 is 38.9 Å². The number of carbonyl (C=O) groups excluding carboxylic acids is 2. The van der Waals surface area contributed by atoms with Gasteiger partial charge >= 0.3 is 5.97 Å². The second-order valence-corrected chi connectivity index (χ2v) is 11.1. The minimum Gasteiger partial charge on any atom is -0.465 e. The van der Waals surface area contributed by atoms with Crippen LogP contribution in [0.25, 0.3) is 0 Å². The number of hydrogen-bond acceptors (Lipinski definition) is 6. The van der Waals surface area contributed by atoms with Crippen molar-refractivity contribution in [1.82, 2.24) is 4.90 Å². The van der Waals surface area contributed by atoms with E-state index in [0.717, 1.165) is 41.0 Å². The molecule has 1 amide bonds. The van der Waals surface area contributed by atoms with Gasteiger partial charge in [-0.05, 0) is 50.3 Å². The van der Waals surface area contributed by atoms with Crippen LogP contribution < -0.4 is 4.72 Å². The Balaban J connectivity index is 1.65. The number of benzene rings is 1. The van der Waals surface area contributed by atoms with Gasteiger partial charge in [0, 0.05) is 23.0 Å². The summed E-state index contributed by atoms with van der Waals surface area (Å²) in [5.41, 5.74) is 2.17. The molecule has 9 heteroatoms. The van der Waals surface area contributed by atoms with Crippen LogP contribution in [0.2, 0.25) is 0 Å². The zero-order chi connectivity index (χ0) is 22.9. The topological polar surface area (TPSA) is 92.8 Å². The molecule has 4 rings (SSSR count). The first kappa shape index (κ1) is 22.5. The summed E-state index contributed by atoms with van der Waals surface area (Å²) in [6, 6.07) is 6.97. The minimum atomic E-state index is -4.01. The Labute approximate surface area is 192 Å². The zero-order valence-electron chi connectivity index (χ0n) is 18.1. The van der Waals surface area contributed by atoms with Gasteiger partial charge in [0.2, 0.25) is 5.91 Å². The molecule has 1 aromatic heterocycles. The van der Waals surface area contributed by atoms with Crippen molar-refractivity contribution in [3.05, 3.63) is 58.0 Å². The lowest BCUT2D eigenvalue weighted by atomic mass is 9.92. The van der Waals surface area contributed by atoms with E-state index in [2.05, 4.69) is 10.8 Å². The number of sulfonamides is 1. The predicted molar refractivity (Wildman–Crippen MR) is 123 cm³/mol. The van der Waals surface area contributed by atoms with Crippen molar-refractivity contribution in [1.29, 1.82) is 0 Å². The van der Waals surface area contributed by atoms with Crippen LogP contribution in [0.3, 0.4) is 0 Å². The largest absolute Gasteiger partial charge is 0.465 e. The molecule has 1 N–H and O–H groups in total. The average molecular weight is 475 g/mol. The van der Waals surface area contributed by atoms with E-state index in [0.29, 0.717) is 30.8 Å². The number of amides is 1. The van der Waals surface area contributed by atoms with Gasteiger partial charge in [-0.3, -0.25) is 9.52 Å². The fourth-order valence-corrected chi connectivity index (χ4v) is 7.12. The lowest BCUT2D eigenvalue weighted by Gasteiger charge is -2.31. The van der Waals surface area contributed by atoms with E-state index in [4.69, 9.17) is 4.74 Å². The predicted octanol–water partition coefficient (Wildman–Crippen LogP) is 3.88. The van der Waals surface area contributed by atoms with Crippen molar-refractivity contribution in [2.45, 2.75) is 43.4 Å². The smallest absolute Gasteiger partial charge is 0.340 e. The van der Waals surface area contributed by atoms with Gasteiger partial charge in [-0.1, -0.05) is 29.8 Å². The van der Waals surface area contributed by atoms with Crippen LogP contribution in [-0.4, -0.2) is 38.8 Å². The Morgan fingerprint density at radius 2 is 1.94 bits per heavy atom. The second-order valence-electron chi connectivity index (χ2n) is 8.12. The standard InChI is InChI=1S/C23H26N2O5S2/c1-15-8-10-17(11-9-15)24-32(28,29)23-20(22(27)30-2)18-12-13-25(14-19(18)31-23)21(26)16-6-4-3-5-7-16/h3-4,8-11,16,24H,5-7,12-14H2,1-2H3/t16-/m1/s1. The quantitative estimate of drug-likeness (QED) is 0.524. The Kier molecular flexibility index (Phi) is 6.39. The van der Waals surface area contributed by atoms with E-state index in [1.165, 1.54) is 7.11 Å². The number of carbonyl (C=O) groups is 2. The van der Waals surface area contributed by atoms with E-state index in [1.54, 1.807) is 17.0 Å². The minimum absolute atomic E-state index is 0.0343. The van der Waals surface area contributed by atoms with Crippen LogP contribution in [0.5, 0.6) is 0 Å². The summed E-state index contributed by atoms with van der Waals surface area (Å²) in [4.78, 5) is 28.1. The summed E-state index contributed by atoms with van der Waals surface area (Å²) in [6.07, 6.45) is 7.02. The van der Waals surface area contributed by atoms with Crippen molar-refractivity contribution in [3.63, 3.8) is 0 Å². The molecule has 1 atom stereocenters. The van der Waals surface area contributed by atoms with Crippen LogP contribution in [0, 0.1) is 12.8 Å². The molecule has 1 aliphatic heterocycles. The lowest BCUT2D eigenvalue weighted by molar-refractivity contribution is -0.136. The molecule has 170 valence electrons. The summed E-state index contributed by atoms with van der Waals surface area (Å²) >= 11 is 1.04. The Hall–Kier alpha value is -2.65. The highest BCUT2D eigenvalue weighted by molar-refractivity contribution is 7.94. The van der Waals surface area contributed by atoms with Crippen molar-refractivity contribution in [2.75, 3.05) is 18.4 Å². The highest BCUT2D eigenvalue weighted by Gasteiger charge is 2.36. The van der Waals surface area contributed by atoms with Crippen LogP contribution in [0.15, 0.2) is 40.6 Å². The third-order valence-electron chi connectivity index (χ3n) is 5.89. The molecule has 2 heterocycles. The molecule has 32 heavy (non-hydrogen) atoms. The van der Waals surface area contributed by atoms with Gasteiger partial charge in [0.25, 0.3) is 10.0 Å². The third kappa shape index (κ3) is 4.45. The molecule has 2 aromatic rings. The fraction of sp³-hybridized carbons (Fsp3) is 0.391. The van der Waals surface area contributed by atoms with Gasteiger partial charge in [0.1, 0.15) is 0 Å². The summed E-state index contributed by atoms with van der Waals surface area (Å²) in [5, 5.41) is 0. The zero-order valence-corrected chi connectivity index (χ0v) is 19.7. The first-order chi connectivity index (χ1) is 15.3. The molecule has 2 aliphatic rings. The monoisotopic (exact) mass is 474 g/mol. The maximum Gasteiger partial charge on any atom is 0.340 e. The molecule has 0 unspecified atom stereocenters. The molecule has 0 saturated carbocycles. The fourth-order valence-electron chi connectivity index (χ4n) is 4.16. The molecule has 1 aromatic carbocycles. The molecule has 0 bridgehead atoms. The van der Waals surface area contributed by atoms with E-state index < -0.39 is 16.0 Å². The molecule has 0 fully saturated rings. The van der Waals surface area contributed by atoms with Crippen molar-refractivity contribution in [3.8, 4) is 0 Å². The number of nitrogens with zero attached hydrogens (tertiary/aromatic N) is 1. The van der Waals surface area contributed by atoms with Crippen LogP contribution in [-0.2, 0) is 32.5 Å². The number of ether oxygens (including phenoxy) is 1. The van der Waals surface area contributed by atoms with Crippen LogP contribution in [0.4, 0.5) is 5.69 Å². The van der Waals surface area contributed by atoms with Gasteiger partial charge < -0.3 is 9.64 Å². The number of anilines is 1. The number of allylic oxidation sites excluding steroid dienone is 2. The summed E-state index contributed by atoms with van der Waals surface area (Å²) < 4.78 is 33.8. The average Bonchev–Trinajstić information content (AvgIpc) is 3.20. The number of thiophene rings is 1. The van der Waals surface area contributed by atoms with Gasteiger partial charge in [0.05, 0.1) is 19.2 Å². The van der Waals surface area contributed by atoms with E-state index >= 15 is 0 Å². The molecule has 0 radical (unpaired) electrons. The van der Waals surface area contributed by atoms with E-state index in [1.807, 2.05) is 25.1 Å². The Bertz CT molecular complexity index is 1170. The van der Waals surface area contributed by atoms with Crippen LogP contribution >= 0.6 is 11.3 Å². The number of aryl methyl sites for hydroxylation is 1. The molecule has 7 nitrogen and oxygen atoms in total. The number of rotatable bonds is 5. The number of nitrogens with one attached hydrogen (secondary N) is 1. The van der Waals surface area contributed by atoms with Crippen molar-refractivity contribution in [2.24, 2.45) is 5.92 Å². The Morgan fingerprint density at radius 1 is 1.19 bits per heavy atom. The maximum absolute atomic E-state index is 13.2. The van der Waals surface area contributed by atoms with Gasteiger partial charge in [-0.2, -0.15) is 0 Å². The third-order valence-corrected chi connectivity index (χ3v) is 9.01. The lowest BCUT2D eigenvalue weighted by Crippen LogP contribution is -2.39. The van der Waals surface area contributed by atoms with Gasteiger partial charge in [-0.15, -0.1) is 11.3 Å². The van der Waals surface area contributed by atoms with Crippen LogP contribution in [0.1, 0.15) is 45.6 Å². The van der Waals surface area contributed by atoms with Gasteiger partial charge in [0.15, 0.2) is 4.21 Å². The molecule has 0 saturated heterocycles. The van der Waals surface area contributed by atoms with E-state index in [9.17, 15) is 18.0 Å². The molecule has 0 spiro atoms. The number of esters is 1.